The fourth-order valence-electron chi connectivity index (χ4n) is 4.87. The molecule has 2 aromatic heterocycles. The normalized spacial score (nSPS) is 21.8. The lowest BCUT2D eigenvalue weighted by molar-refractivity contribution is -0.137. The number of hydrogen-bond donors (Lipinski definition) is 10. The van der Waals surface area contributed by atoms with E-state index in [4.69, 9.17) is 19.5 Å². The lowest BCUT2D eigenvalue weighted by atomic mass is 9.87. The van der Waals surface area contributed by atoms with E-state index in [0.29, 0.717) is 0 Å². The zero-order valence-electron chi connectivity index (χ0n) is 31.2. The van der Waals surface area contributed by atoms with E-state index in [1.807, 2.05) is 13.0 Å². The van der Waals surface area contributed by atoms with Gasteiger partial charge < -0.3 is 56.0 Å². The lowest BCUT2D eigenvalue weighted by Gasteiger charge is -2.30. The first-order valence-electron chi connectivity index (χ1n) is 17.0. The van der Waals surface area contributed by atoms with Crippen molar-refractivity contribution in [1.29, 1.82) is 0 Å². The number of anilines is 1. The number of amides is 2. The minimum absolute atomic E-state index is 0.0244. The number of nitrogen functional groups attached to an aromatic ring is 1. The van der Waals surface area contributed by atoms with Crippen molar-refractivity contribution in [2.45, 2.75) is 70.7 Å². The van der Waals surface area contributed by atoms with Gasteiger partial charge >= 0.3 is 23.5 Å². The highest BCUT2D eigenvalue weighted by Gasteiger charge is 2.50. The third kappa shape index (κ3) is 15.5. The molecule has 7 unspecified atom stereocenters. The molecular formula is C29H46N7O18P3S. The number of thioether (sulfide) groups is 1. The van der Waals surface area contributed by atoms with E-state index in [1.54, 1.807) is 6.08 Å². The highest BCUT2D eigenvalue weighted by atomic mass is 32.2. The SMILES string of the molecule is CC/C=C/C=C(\O)CC(=O)SCCNC(=O)CCNC(=O)C(O)C(C)(C)COP(=O)(O)OP(=O)(O)OCC1OC(n2cnc3c(N)ncnc32)C(O)C1OP(=O)(O)O. The maximum Gasteiger partial charge on any atom is 0.481 e. The molecule has 0 aromatic carbocycles. The topological polar surface area (TPSA) is 384 Å². The summed E-state index contributed by atoms with van der Waals surface area (Å²) in [7, 11) is -16.4. The number of aromatic nitrogens is 4. The number of imidazole rings is 1. The molecule has 7 atom stereocenters. The van der Waals surface area contributed by atoms with Crippen LogP contribution in [0.25, 0.3) is 11.2 Å². The summed E-state index contributed by atoms with van der Waals surface area (Å²) >= 11 is 0.913. The summed E-state index contributed by atoms with van der Waals surface area (Å²) in [5.41, 5.74) is 4.23. The third-order valence-electron chi connectivity index (χ3n) is 7.75. The molecule has 0 saturated carbocycles. The molecule has 1 aliphatic rings. The van der Waals surface area contributed by atoms with E-state index in [0.717, 1.165) is 35.4 Å². The molecule has 0 spiro atoms. The van der Waals surface area contributed by atoms with Crippen molar-refractivity contribution in [1.82, 2.24) is 30.2 Å². The molecule has 2 amide bonds. The number of aliphatic hydroxyl groups excluding tert-OH is 3. The Morgan fingerprint density at radius 1 is 1.09 bits per heavy atom. The predicted octanol–water partition coefficient (Wildman–Crippen LogP) is 0.463. The molecule has 326 valence electrons. The Kier molecular flexibility index (Phi) is 18.1. The second-order valence-corrected chi connectivity index (χ2v) is 18.3. The van der Waals surface area contributed by atoms with Crippen LogP contribution in [0.2, 0.25) is 0 Å². The van der Waals surface area contributed by atoms with Crippen LogP contribution in [0.4, 0.5) is 5.82 Å². The van der Waals surface area contributed by atoms with Gasteiger partial charge in [-0.2, -0.15) is 4.31 Å². The highest BCUT2D eigenvalue weighted by Crippen LogP contribution is 2.61. The van der Waals surface area contributed by atoms with E-state index < -0.39 is 84.6 Å². The first-order chi connectivity index (χ1) is 26.9. The summed E-state index contributed by atoms with van der Waals surface area (Å²) in [6, 6.07) is 0. The Morgan fingerprint density at radius 2 is 1.78 bits per heavy atom. The number of phosphoric acid groups is 3. The molecular weight excluding hydrogens is 859 g/mol. The van der Waals surface area contributed by atoms with E-state index in [1.165, 1.54) is 19.9 Å². The average Bonchev–Trinajstić information content (AvgIpc) is 3.68. The number of carbonyl (C=O) groups excluding carboxylic acids is 3. The molecule has 3 heterocycles. The predicted molar refractivity (Wildman–Crippen MR) is 202 cm³/mol. The minimum Gasteiger partial charge on any atom is -0.512 e. The number of aliphatic hydroxyl groups is 3. The second kappa shape index (κ2) is 21.4. The van der Waals surface area contributed by atoms with Gasteiger partial charge in [0.1, 0.15) is 42.0 Å². The van der Waals surface area contributed by atoms with Crippen molar-refractivity contribution in [3.63, 3.8) is 0 Å². The van der Waals surface area contributed by atoms with Crippen LogP contribution in [0.3, 0.4) is 0 Å². The lowest BCUT2D eigenvalue weighted by Crippen LogP contribution is -2.46. The number of rotatable bonds is 23. The van der Waals surface area contributed by atoms with Crippen molar-refractivity contribution >= 4 is 69.1 Å². The standard InChI is InChI=1S/C29H46N7O18P3S/c1-4-5-6-7-17(37)12-20(39)58-11-10-31-19(38)8-9-32-27(42)24(41)29(2,3)14-51-57(48,49)54-56(46,47)50-13-18-23(53-55(43,44)45)22(40)28(52-18)36-16-35-21-25(30)33-15-34-26(21)36/h5-7,15-16,18,22-24,28,37,40-41H,4,8-14H2,1-3H3,(H,31,38)(H,32,42)(H,46,47)(H,48,49)(H2,30,33,34)(H2,43,44,45)/b6-5+,17-7-. The monoisotopic (exact) mass is 905 g/mol. The van der Waals surface area contributed by atoms with Gasteiger partial charge in [0, 0.05) is 30.7 Å². The highest BCUT2D eigenvalue weighted by molar-refractivity contribution is 8.13. The number of ether oxygens (including phenoxy) is 1. The van der Waals surface area contributed by atoms with Crippen LogP contribution in [0, 0.1) is 5.41 Å². The quantitative estimate of drug-likeness (QED) is 0.0313. The zero-order chi connectivity index (χ0) is 43.5. The molecule has 1 fully saturated rings. The van der Waals surface area contributed by atoms with Crippen LogP contribution in [-0.2, 0) is 50.7 Å². The number of phosphoric ester groups is 3. The van der Waals surface area contributed by atoms with Gasteiger partial charge in [-0.1, -0.05) is 44.7 Å². The number of nitrogens with two attached hydrogens (primary N) is 1. The maximum absolute atomic E-state index is 12.7. The van der Waals surface area contributed by atoms with Crippen LogP contribution in [0.1, 0.15) is 46.3 Å². The summed E-state index contributed by atoms with van der Waals surface area (Å²) in [6.45, 7) is 2.23. The number of carbonyl (C=O) groups is 3. The minimum atomic E-state index is -5.58. The molecule has 0 radical (unpaired) electrons. The van der Waals surface area contributed by atoms with Crippen molar-refractivity contribution in [2.75, 3.05) is 37.8 Å². The summed E-state index contributed by atoms with van der Waals surface area (Å²) in [5.74, 6) is -1.40. The molecule has 0 aliphatic carbocycles. The number of fused-ring (bicyclic) bond motifs is 1. The molecule has 25 nitrogen and oxygen atoms in total. The molecule has 3 rings (SSSR count). The fraction of sp³-hybridized carbons (Fsp3) is 0.586. The summed E-state index contributed by atoms with van der Waals surface area (Å²) in [6.07, 6.45) is -1.56. The molecule has 29 heteroatoms. The number of allylic oxidation sites excluding steroid dienone is 4. The molecule has 58 heavy (non-hydrogen) atoms. The largest absolute Gasteiger partial charge is 0.512 e. The average molecular weight is 906 g/mol. The third-order valence-corrected chi connectivity index (χ3v) is 11.7. The fourth-order valence-corrected chi connectivity index (χ4v) is 8.38. The van der Waals surface area contributed by atoms with Crippen LogP contribution >= 0.6 is 35.2 Å². The van der Waals surface area contributed by atoms with Gasteiger partial charge in [-0.05, 0) is 12.5 Å². The second-order valence-electron chi connectivity index (χ2n) is 13.0. The van der Waals surface area contributed by atoms with E-state index in [2.05, 4.69) is 34.4 Å². The van der Waals surface area contributed by atoms with Crippen molar-refractivity contribution in [3.8, 4) is 0 Å². The Morgan fingerprint density at radius 3 is 2.45 bits per heavy atom. The maximum atomic E-state index is 12.7. The molecule has 1 saturated heterocycles. The molecule has 0 bridgehead atoms. The number of nitrogens with zero attached hydrogens (tertiary/aromatic N) is 4. The summed E-state index contributed by atoms with van der Waals surface area (Å²) in [4.78, 5) is 87.5. The van der Waals surface area contributed by atoms with Gasteiger partial charge in [0.25, 0.3) is 0 Å². The van der Waals surface area contributed by atoms with Gasteiger partial charge in [0.05, 0.1) is 26.0 Å². The Bertz CT molecular complexity index is 1960. The molecule has 1 aliphatic heterocycles. The van der Waals surface area contributed by atoms with Gasteiger partial charge in [-0.3, -0.25) is 32.5 Å². The summed E-state index contributed by atoms with van der Waals surface area (Å²) in [5, 5.41) is 35.7. The zero-order valence-corrected chi connectivity index (χ0v) is 34.7. The van der Waals surface area contributed by atoms with Gasteiger partial charge in [0.2, 0.25) is 11.8 Å². The van der Waals surface area contributed by atoms with Gasteiger partial charge in [0.15, 0.2) is 22.8 Å². The number of hydrogen-bond acceptors (Lipinski definition) is 19. The Hall–Kier alpha value is -3.16. The van der Waals surface area contributed by atoms with E-state index in [-0.39, 0.29) is 59.5 Å². The van der Waals surface area contributed by atoms with Crippen molar-refractivity contribution < 1.29 is 85.6 Å². The molecule has 11 N–H and O–H groups in total. The Balaban J connectivity index is 1.46. The van der Waals surface area contributed by atoms with E-state index in [9.17, 15) is 63.0 Å². The van der Waals surface area contributed by atoms with Crippen molar-refractivity contribution in [2.24, 2.45) is 5.41 Å². The van der Waals surface area contributed by atoms with Crippen LogP contribution < -0.4 is 16.4 Å². The first kappa shape index (κ1) is 49.2. The summed E-state index contributed by atoms with van der Waals surface area (Å²) < 4.78 is 62.1. The molecule has 2 aromatic rings. The van der Waals surface area contributed by atoms with Gasteiger partial charge in [-0.25, -0.2) is 28.6 Å². The van der Waals surface area contributed by atoms with Crippen LogP contribution in [0.5, 0.6) is 0 Å². The van der Waals surface area contributed by atoms with Crippen molar-refractivity contribution in [3.05, 3.63) is 36.6 Å². The van der Waals surface area contributed by atoms with Crippen LogP contribution in [0.15, 0.2) is 36.6 Å². The smallest absolute Gasteiger partial charge is 0.481 e. The number of nitrogens with one attached hydrogen (secondary N) is 2. The van der Waals surface area contributed by atoms with E-state index >= 15 is 0 Å². The first-order valence-corrected chi connectivity index (χ1v) is 22.5. The Labute approximate surface area is 334 Å². The van der Waals surface area contributed by atoms with Gasteiger partial charge in [-0.15, -0.1) is 0 Å². The van der Waals surface area contributed by atoms with Crippen LogP contribution in [-0.4, -0.2) is 128 Å².